The van der Waals surface area contributed by atoms with Gasteiger partial charge in [0.1, 0.15) is 0 Å². The third-order valence-electron chi connectivity index (χ3n) is 5.16. The van der Waals surface area contributed by atoms with Gasteiger partial charge in [0.25, 0.3) is 5.54 Å². The van der Waals surface area contributed by atoms with Gasteiger partial charge < -0.3 is 9.84 Å². The molecule has 1 fully saturated rings. The minimum absolute atomic E-state index is 0.0309. The quantitative estimate of drug-likeness (QED) is 0.593. The van der Waals surface area contributed by atoms with Gasteiger partial charge in [0.15, 0.2) is 24.3 Å². The van der Waals surface area contributed by atoms with Crippen molar-refractivity contribution < 1.29 is 23.6 Å². The molecule has 146 valence electrons. The number of rotatable bonds is 5. The van der Waals surface area contributed by atoms with Gasteiger partial charge in [-0.2, -0.15) is 4.57 Å². The standard InChI is InChI=1S/C19H21Cl2FN2O3/c1-13(22)19(24-9-5-2-6-10-24)15(20)11-18(26,17(25)23-21)12-16(19)27-14-7-3-4-8-14/h2,5-6,9-14H,3-4,7-8H2,1H3,(H,23,25). The number of alkyl halides is 1. The molecule has 0 bridgehead atoms. The average Bonchev–Trinajstić information content (AvgIpc) is 3.14. The number of nitrogens with zero attached hydrogens (tertiary/aromatic N) is 1. The topological polar surface area (TPSA) is 65.3 Å². The number of aromatic nitrogens is 1. The normalized spacial score (nSPS) is 29.7. The molecular weight excluding hydrogens is 394 g/mol. The van der Waals surface area contributed by atoms with Gasteiger partial charge in [0.05, 0.1) is 11.1 Å². The maximum Gasteiger partial charge on any atom is 0.289 e. The average molecular weight is 415 g/mol. The van der Waals surface area contributed by atoms with Gasteiger partial charge in [-0.25, -0.2) is 4.39 Å². The third kappa shape index (κ3) is 3.46. The highest BCUT2D eigenvalue weighted by Gasteiger charge is 2.58. The van der Waals surface area contributed by atoms with E-state index in [-0.39, 0.29) is 16.9 Å². The summed E-state index contributed by atoms with van der Waals surface area (Å²) in [5, 5.41) is 12.9. The number of hydrogen-bond acceptors (Lipinski definition) is 3. The number of amides is 1. The Morgan fingerprint density at radius 3 is 2.52 bits per heavy atom. The second-order valence-corrected chi connectivity index (χ2v) is 7.50. The van der Waals surface area contributed by atoms with E-state index in [1.807, 2.05) is 4.84 Å². The zero-order chi connectivity index (χ0) is 19.7. The fraction of sp³-hybridized carbons (Fsp3) is 0.474. The number of halogens is 3. The SMILES string of the molecule is CC(F)C1([n+]2ccccc2)C(Cl)=CC([O-])(C(=O)NCl)C=C1OC1CCCC1. The second-order valence-electron chi connectivity index (χ2n) is 6.91. The van der Waals surface area contributed by atoms with Crippen LogP contribution in [0.25, 0.3) is 0 Å². The molecule has 8 heteroatoms. The van der Waals surface area contributed by atoms with Gasteiger partial charge in [-0.15, -0.1) is 0 Å². The summed E-state index contributed by atoms with van der Waals surface area (Å²) in [6.07, 6.45) is 7.25. The molecule has 0 aliphatic heterocycles. The van der Waals surface area contributed by atoms with E-state index in [0.717, 1.165) is 37.8 Å². The van der Waals surface area contributed by atoms with Crippen LogP contribution in [-0.4, -0.2) is 23.8 Å². The summed E-state index contributed by atoms with van der Waals surface area (Å²) in [4.78, 5) is 13.9. The molecule has 0 spiro atoms. The lowest BCUT2D eigenvalue weighted by Gasteiger charge is -2.42. The molecule has 1 aromatic rings. The zero-order valence-electron chi connectivity index (χ0n) is 14.8. The van der Waals surface area contributed by atoms with Crippen LogP contribution in [0.15, 0.2) is 53.5 Å². The van der Waals surface area contributed by atoms with E-state index >= 15 is 4.39 Å². The Hall–Kier alpha value is -1.63. The highest BCUT2D eigenvalue weighted by atomic mass is 35.5. The van der Waals surface area contributed by atoms with Gasteiger partial charge in [0, 0.05) is 29.5 Å². The van der Waals surface area contributed by atoms with Crippen LogP contribution in [0.5, 0.6) is 0 Å². The van der Waals surface area contributed by atoms with Crippen LogP contribution < -0.4 is 14.5 Å². The first-order valence-corrected chi connectivity index (χ1v) is 9.61. The van der Waals surface area contributed by atoms with E-state index in [1.165, 1.54) is 6.92 Å². The predicted molar refractivity (Wildman–Crippen MR) is 97.3 cm³/mol. The second kappa shape index (κ2) is 7.78. The number of hydrogen-bond donors (Lipinski definition) is 1. The van der Waals surface area contributed by atoms with Crippen molar-refractivity contribution in [3.05, 3.63) is 53.5 Å². The van der Waals surface area contributed by atoms with Crippen molar-refractivity contribution in [3.63, 3.8) is 0 Å². The molecular formula is C19H21Cl2FN2O3. The fourth-order valence-electron chi connectivity index (χ4n) is 3.75. The van der Waals surface area contributed by atoms with E-state index in [1.54, 1.807) is 35.2 Å². The molecule has 3 unspecified atom stereocenters. The largest absolute Gasteiger partial charge is 0.836 e. The maximum absolute atomic E-state index is 15.1. The summed E-state index contributed by atoms with van der Waals surface area (Å²) in [5.41, 5.74) is -3.95. The minimum atomic E-state index is -2.39. The van der Waals surface area contributed by atoms with Crippen molar-refractivity contribution >= 4 is 29.3 Å². The smallest absolute Gasteiger partial charge is 0.289 e. The molecule has 2 aliphatic rings. The van der Waals surface area contributed by atoms with Gasteiger partial charge >= 0.3 is 0 Å². The van der Waals surface area contributed by atoms with Crippen LogP contribution in [0.4, 0.5) is 4.39 Å². The lowest BCUT2D eigenvalue weighted by molar-refractivity contribution is -0.754. The van der Waals surface area contributed by atoms with E-state index in [0.29, 0.717) is 0 Å². The highest BCUT2D eigenvalue weighted by molar-refractivity contribution is 6.31. The van der Waals surface area contributed by atoms with Crippen LogP contribution in [0, 0.1) is 0 Å². The van der Waals surface area contributed by atoms with Crippen LogP contribution >= 0.6 is 23.4 Å². The molecule has 3 atom stereocenters. The fourth-order valence-corrected chi connectivity index (χ4v) is 4.40. The van der Waals surface area contributed by atoms with Crippen molar-refractivity contribution in [2.45, 2.75) is 56.0 Å². The zero-order valence-corrected chi connectivity index (χ0v) is 16.3. The lowest BCUT2D eigenvalue weighted by Crippen LogP contribution is -2.66. The maximum atomic E-state index is 15.1. The molecule has 1 amide bonds. The van der Waals surface area contributed by atoms with Crippen molar-refractivity contribution in [1.29, 1.82) is 0 Å². The molecule has 2 aliphatic carbocycles. The monoisotopic (exact) mass is 414 g/mol. The van der Waals surface area contributed by atoms with E-state index in [9.17, 15) is 9.90 Å². The lowest BCUT2D eigenvalue weighted by atomic mass is 9.81. The summed E-state index contributed by atoms with van der Waals surface area (Å²) < 4.78 is 22.8. The Morgan fingerprint density at radius 1 is 1.33 bits per heavy atom. The molecule has 1 saturated carbocycles. The van der Waals surface area contributed by atoms with Crippen molar-refractivity contribution in [2.75, 3.05) is 0 Å². The molecule has 0 saturated heterocycles. The number of allylic oxidation sites excluding steroid dienone is 1. The van der Waals surface area contributed by atoms with Gasteiger partial charge in [-0.1, -0.05) is 23.7 Å². The summed E-state index contributed by atoms with van der Waals surface area (Å²) in [6, 6.07) is 5.24. The Balaban J connectivity index is 2.18. The van der Waals surface area contributed by atoms with Crippen LogP contribution in [0.1, 0.15) is 32.6 Å². The highest BCUT2D eigenvalue weighted by Crippen LogP contribution is 2.44. The third-order valence-corrected chi connectivity index (χ3v) is 5.73. The van der Waals surface area contributed by atoms with E-state index in [2.05, 4.69) is 0 Å². The van der Waals surface area contributed by atoms with E-state index in [4.69, 9.17) is 28.1 Å². The van der Waals surface area contributed by atoms with Crippen molar-refractivity contribution in [3.8, 4) is 0 Å². The van der Waals surface area contributed by atoms with Crippen LogP contribution in [0.3, 0.4) is 0 Å². The molecule has 1 N–H and O–H groups in total. The number of carbonyl (C=O) groups is 1. The number of ether oxygens (including phenoxy) is 1. The van der Waals surface area contributed by atoms with Crippen molar-refractivity contribution in [1.82, 2.24) is 4.84 Å². The Bertz CT molecular complexity index is 765. The molecule has 1 heterocycles. The number of carbonyl (C=O) groups excluding carboxylic acids is 1. The molecule has 27 heavy (non-hydrogen) atoms. The van der Waals surface area contributed by atoms with Gasteiger partial charge in [-0.05, 0) is 38.7 Å². The molecule has 3 rings (SSSR count). The Labute approximate surface area is 167 Å². The van der Waals surface area contributed by atoms with Gasteiger partial charge in [-0.3, -0.25) is 9.63 Å². The number of pyridine rings is 1. The summed E-state index contributed by atoms with van der Waals surface area (Å²) >= 11 is 11.9. The summed E-state index contributed by atoms with van der Waals surface area (Å²) in [7, 11) is 0. The van der Waals surface area contributed by atoms with Crippen LogP contribution in [-0.2, 0) is 15.1 Å². The summed E-state index contributed by atoms with van der Waals surface area (Å²) in [5.74, 6) is -0.976. The molecule has 1 aromatic heterocycles. The van der Waals surface area contributed by atoms with E-state index < -0.39 is 23.2 Å². The van der Waals surface area contributed by atoms with Gasteiger partial charge in [0.2, 0.25) is 5.91 Å². The Kier molecular flexibility index (Phi) is 5.79. The molecule has 0 aromatic carbocycles. The first-order chi connectivity index (χ1) is 12.8. The first kappa shape index (κ1) is 20.1. The summed E-state index contributed by atoms with van der Waals surface area (Å²) in [6.45, 7) is 1.35. The minimum Gasteiger partial charge on any atom is -0.836 e. The van der Waals surface area contributed by atoms with Crippen LogP contribution in [0.2, 0.25) is 0 Å². The first-order valence-electron chi connectivity index (χ1n) is 8.85. The van der Waals surface area contributed by atoms with Crippen molar-refractivity contribution in [2.24, 2.45) is 0 Å². The number of nitrogens with one attached hydrogen (secondary N) is 1. The molecule has 0 radical (unpaired) electrons. The predicted octanol–water partition coefficient (Wildman–Crippen LogP) is 2.38. The Morgan fingerprint density at radius 2 is 1.96 bits per heavy atom. The molecule has 5 nitrogen and oxygen atoms in total.